The lowest BCUT2D eigenvalue weighted by Gasteiger charge is -2.03. The highest BCUT2D eigenvalue weighted by atomic mass is 32.2. The molecule has 1 atom stereocenters. The molecule has 0 spiro atoms. The standard InChI is InChI=1S/C13H18O3S/c1-2-3-7-12(14)10-11-17(15,16)13-8-5-4-6-9-13/h4-6,8-12,14H,2-3,7H2,1H3/b11-10+/t12-/m1/s1. The normalized spacial score (nSPS) is 14.0. The summed E-state index contributed by atoms with van der Waals surface area (Å²) in [4.78, 5) is 0.249. The van der Waals surface area contributed by atoms with E-state index in [1.807, 2.05) is 6.92 Å². The van der Waals surface area contributed by atoms with Gasteiger partial charge in [0.05, 0.1) is 11.0 Å². The van der Waals surface area contributed by atoms with Crippen molar-refractivity contribution in [1.29, 1.82) is 0 Å². The van der Waals surface area contributed by atoms with Crippen molar-refractivity contribution in [2.75, 3.05) is 0 Å². The third kappa shape index (κ3) is 4.71. The van der Waals surface area contributed by atoms with Gasteiger partial charge in [0, 0.05) is 5.41 Å². The van der Waals surface area contributed by atoms with Crippen LogP contribution in [-0.4, -0.2) is 19.6 Å². The van der Waals surface area contributed by atoms with Crippen LogP contribution in [0, 0.1) is 0 Å². The maximum absolute atomic E-state index is 11.8. The van der Waals surface area contributed by atoms with Gasteiger partial charge in [0.1, 0.15) is 0 Å². The second-order valence-corrected chi connectivity index (χ2v) is 5.73. The smallest absolute Gasteiger partial charge is 0.199 e. The third-order valence-electron chi connectivity index (χ3n) is 2.41. The Labute approximate surface area is 103 Å². The highest BCUT2D eigenvalue weighted by Crippen LogP contribution is 2.12. The van der Waals surface area contributed by atoms with Crippen molar-refractivity contribution in [3.8, 4) is 0 Å². The number of aliphatic hydroxyl groups is 1. The molecule has 17 heavy (non-hydrogen) atoms. The highest BCUT2D eigenvalue weighted by Gasteiger charge is 2.09. The summed E-state index contributed by atoms with van der Waals surface area (Å²) in [6, 6.07) is 8.19. The molecule has 0 aliphatic carbocycles. The molecule has 4 heteroatoms. The van der Waals surface area contributed by atoms with E-state index >= 15 is 0 Å². The Bertz CT molecular complexity index is 449. The molecule has 0 aliphatic rings. The van der Waals surface area contributed by atoms with Crippen LogP contribution < -0.4 is 0 Å². The molecular weight excluding hydrogens is 236 g/mol. The molecule has 0 unspecified atom stereocenters. The summed E-state index contributed by atoms with van der Waals surface area (Å²) < 4.78 is 23.6. The zero-order valence-corrected chi connectivity index (χ0v) is 10.7. The minimum Gasteiger partial charge on any atom is -0.389 e. The molecule has 0 bridgehead atoms. The summed E-state index contributed by atoms with van der Waals surface area (Å²) in [7, 11) is -3.42. The second-order valence-electron chi connectivity index (χ2n) is 3.90. The lowest BCUT2D eigenvalue weighted by atomic mass is 10.2. The summed E-state index contributed by atoms with van der Waals surface area (Å²) >= 11 is 0. The Morgan fingerprint density at radius 3 is 2.53 bits per heavy atom. The average Bonchev–Trinajstić information content (AvgIpc) is 2.35. The predicted molar refractivity (Wildman–Crippen MR) is 68.3 cm³/mol. The lowest BCUT2D eigenvalue weighted by Crippen LogP contribution is -2.03. The van der Waals surface area contributed by atoms with Gasteiger partial charge in [-0.15, -0.1) is 0 Å². The van der Waals surface area contributed by atoms with E-state index in [1.165, 1.54) is 18.2 Å². The van der Waals surface area contributed by atoms with Gasteiger partial charge in [0.15, 0.2) is 9.84 Å². The van der Waals surface area contributed by atoms with Crippen LogP contribution in [0.25, 0.3) is 0 Å². The zero-order chi connectivity index (χ0) is 12.7. The Hall–Kier alpha value is -1.13. The molecule has 1 aromatic rings. The second kappa shape index (κ2) is 6.57. The lowest BCUT2D eigenvalue weighted by molar-refractivity contribution is 0.209. The van der Waals surface area contributed by atoms with E-state index in [-0.39, 0.29) is 4.90 Å². The largest absolute Gasteiger partial charge is 0.389 e. The first kappa shape index (κ1) is 13.9. The van der Waals surface area contributed by atoms with Crippen LogP contribution >= 0.6 is 0 Å². The fourth-order valence-corrected chi connectivity index (χ4v) is 2.47. The van der Waals surface area contributed by atoms with Crippen molar-refractivity contribution < 1.29 is 13.5 Å². The summed E-state index contributed by atoms with van der Waals surface area (Å²) in [5.74, 6) is 0. The van der Waals surface area contributed by atoms with Crippen molar-refractivity contribution in [2.45, 2.75) is 37.2 Å². The number of hydrogen-bond donors (Lipinski definition) is 1. The zero-order valence-electron chi connectivity index (χ0n) is 9.91. The minimum absolute atomic E-state index is 0.249. The molecule has 0 saturated heterocycles. The average molecular weight is 254 g/mol. The van der Waals surface area contributed by atoms with Gasteiger partial charge in [0.25, 0.3) is 0 Å². The maximum atomic E-state index is 11.8. The summed E-state index contributed by atoms with van der Waals surface area (Å²) in [5.41, 5.74) is 0. The molecule has 0 radical (unpaired) electrons. The minimum atomic E-state index is -3.42. The van der Waals surface area contributed by atoms with E-state index in [2.05, 4.69) is 0 Å². The van der Waals surface area contributed by atoms with E-state index in [4.69, 9.17) is 0 Å². The van der Waals surface area contributed by atoms with Crippen LogP contribution in [0.15, 0.2) is 46.7 Å². The molecule has 1 N–H and O–H groups in total. The Balaban J connectivity index is 2.71. The molecule has 0 aromatic heterocycles. The third-order valence-corrected chi connectivity index (χ3v) is 3.85. The Morgan fingerprint density at radius 1 is 1.29 bits per heavy atom. The van der Waals surface area contributed by atoms with Crippen molar-refractivity contribution >= 4 is 9.84 Å². The van der Waals surface area contributed by atoms with Crippen LogP contribution in [0.4, 0.5) is 0 Å². The van der Waals surface area contributed by atoms with Gasteiger partial charge in [-0.3, -0.25) is 0 Å². The molecule has 0 fully saturated rings. The number of sulfone groups is 1. The van der Waals surface area contributed by atoms with E-state index in [0.29, 0.717) is 6.42 Å². The number of rotatable bonds is 6. The molecule has 1 rings (SSSR count). The van der Waals surface area contributed by atoms with Gasteiger partial charge in [-0.2, -0.15) is 0 Å². The van der Waals surface area contributed by atoms with Crippen molar-refractivity contribution in [3.05, 3.63) is 41.8 Å². The van der Waals surface area contributed by atoms with Crippen LogP contribution in [0.3, 0.4) is 0 Å². The first-order valence-corrected chi connectivity index (χ1v) is 7.27. The fourth-order valence-electron chi connectivity index (χ4n) is 1.39. The number of benzene rings is 1. The van der Waals surface area contributed by atoms with E-state index in [0.717, 1.165) is 18.2 Å². The molecule has 0 heterocycles. The van der Waals surface area contributed by atoms with Crippen LogP contribution in [-0.2, 0) is 9.84 Å². The first-order chi connectivity index (χ1) is 8.06. The molecule has 0 amide bonds. The predicted octanol–water partition coefficient (Wildman–Crippen LogP) is 2.53. The Kier molecular flexibility index (Phi) is 5.38. The Morgan fingerprint density at radius 2 is 1.94 bits per heavy atom. The topological polar surface area (TPSA) is 54.4 Å². The van der Waals surface area contributed by atoms with Crippen molar-refractivity contribution in [3.63, 3.8) is 0 Å². The first-order valence-electron chi connectivity index (χ1n) is 5.72. The van der Waals surface area contributed by atoms with Gasteiger partial charge in [0.2, 0.25) is 0 Å². The van der Waals surface area contributed by atoms with Crippen molar-refractivity contribution in [1.82, 2.24) is 0 Å². The molecule has 0 saturated carbocycles. The van der Waals surface area contributed by atoms with Crippen LogP contribution in [0.1, 0.15) is 26.2 Å². The molecular formula is C13H18O3S. The summed E-state index contributed by atoms with van der Waals surface area (Å²) in [6.45, 7) is 2.02. The summed E-state index contributed by atoms with van der Waals surface area (Å²) in [5, 5.41) is 10.6. The monoisotopic (exact) mass is 254 g/mol. The highest BCUT2D eigenvalue weighted by molar-refractivity contribution is 7.94. The van der Waals surface area contributed by atoms with Crippen molar-refractivity contribution in [2.24, 2.45) is 0 Å². The van der Waals surface area contributed by atoms with E-state index in [9.17, 15) is 13.5 Å². The quantitative estimate of drug-likeness (QED) is 0.848. The maximum Gasteiger partial charge on any atom is 0.199 e. The summed E-state index contributed by atoms with van der Waals surface area (Å²) in [6.07, 6.45) is 3.12. The number of hydrogen-bond acceptors (Lipinski definition) is 3. The van der Waals surface area contributed by atoms with Gasteiger partial charge < -0.3 is 5.11 Å². The van der Waals surface area contributed by atoms with Gasteiger partial charge in [-0.25, -0.2) is 8.42 Å². The van der Waals surface area contributed by atoms with Crippen LogP contribution in [0.5, 0.6) is 0 Å². The molecule has 3 nitrogen and oxygen atoms in total. The van der Waals surface area contributed by atoms with E-state index in [1.54, 1.807) is 18.2 Å². The van der Waals surface area contributed by atoms with Crippen LogP contribution in [0.2, 0.25) is 0 Å². The number of aliphatic hydroxyl groups excluding tert-OH is 1. The molecule has 1 aromatic carbocycles. The number of unbranched alkanes of at least 4 members (excludes halogenated alkanes) is 1. The molecule has 94 valence electrons. The SMILES string of the molecule is CCCC[C@@H](O)/C=C/S(=O)(=O)c1ccccc1. The van der Waals surface area contributed by atoms with E-state index < -0.39 is 15.9 Å². The molecule has 0 aliphatic heterocycles. The van der Waals surface area contributed by atoms with Gasteiger partial charge in [-0.1, -0.05) is 38.0 Å². The van der Waals surface area contributed by atoms with Gasteiger partial charge >= 0.3 is 0 Å². The fraction of sp³-hybridized carbons (Fsp3) is 0.385. The van der Waals surface area contributed by atoms with Gasteiger partial charge in [-0.05, 0) is 24.6 Å².